The lowest BCUT2D eigenvalue weighted by Crippen LogP contribution is -2.48. The number of likely N-dealkylation sites (N-methyl/N-ethyl adjacent to an activating group) is 1. The molecular formula is C13H19N7O. The van der Waals surface area contributed by atoms with Crippen molar-refractivity contribution in [2.45, 2.75) is 39.5 Å². The Morgan fingerprint density at radius 3 is 3.00 bits per heavy atom. The first-order valence-electron chi connectivity index (χ1n) is 7.00. The van der Waals surface area contributed by atoms with Crippen LogP contribution in [0.5, 0.6) is 0 Å². The quantitative estimate of drug-likeness (QED) is 0.876. The minimum atomic E-state index is -0.239. The van der Waals surface area contributed by atoms with Gasteiger partial charge in [-0.2, -0.15) is 5.10 Å². The van der Waals surface area contributed by atoms with Crippen molar-refractivity contribution in [1.29, 1.82) is 0 Å². The number of aromatic nitrogens is 5. The number of aryl methyl sites for hydroxylation is 2. The summed E-state index contributed by atoms with van der Waals surface area (Å²) in [6.45, 7) is 5.87. The maximum atomic E-state index is 12.5. The van der Waals surface area contributed by atoms with E-state index in [1.165, 1.54) is 0 Å². The lowest BCUT2D eigenvalue weighted by Gasteiger charge is -2.31. The average Bonchev–Trinajstić information content (AvgIpc) is 3.05. The van der Waals surface area contributed by atoms with Gasteiger partial charge in [0.05, 0.1) is 25.0 Å². The van der Waals surface area contributed by atoms with Crippen LogP contribution in [0.1, 0.15) is 18.6 Å². The molecule has 1 aliphatic heterocycles. The Morgan fingerprint density at radius 2 is 2.29 bits per heavy atom. The zero-order valence-electron chi connectivity index (χ0n) is 12.4. The van der Waals surface area contributed by atoms with Crippen molar-refractivity contribution < 1.29 is 4.79 Å². The molecule has 0 aromatic carbocycles. The third-order valence-corrected chi connectivity index (χ3v) is 3.82. The van der Waals surface area contributed by atoms with Crippen LogP contribution in [0.3, 0.4) is 0 Å². The van der Waals surface area contributed by atoms with E-state index in [4.69, 9.17) is 0 Å². The fraction of sp³-hybridized carbons (Fsp3) is 0.538. The van der Waals surface area contributed by atoms with Gasteiger partial charge in [0.15, 0.2) is 0 Å². The number of fused-ring (bicyclic) bond motifs is 1. The van der Waals surface area contributed by atoms with Crippen LogP contribution in [0, 0.1) is 6.92 Å². The molecule has 0 bridgehead atoms. The second-order valence-corrected chi connectivity index (χ2v) is 5.28. The van der Waals surface area contributed by atoms with E-state index < -0.39 is 0 Å². The van der Waals surface area contributed by atoms with Crippen molar-refractivity contribution in [3.63, 3.8) is 0 Å². The van der Waals surface area contributed by atoms with Gasteiger partial charge in [-0.15, -0.1) is 10.2 Å². The molecule has 8 heteroatoms. The molecule has 21 heavy (non-hydrogen) atoms. The monoisotopic (exact) mass is 289 g/mol. The summed E-state index contributed by atoms with van der Waals surface area (Å²) in [6, 6.07) is -0.239. The molecule has 1 atom stereocenters. The molecule has 0 aliphatic carbocycles. The summed E-state index contributed by atoms with van der Waals surface area (Å²) in [7, 11) is 1.92. The predicted octanol–water partition coefficient (Wildman–Crippen LogP) is 0.256. The van der Waals surface area contributed by atoms with Crippen LogP contribution in [0.2, 0.25) is 0 Å². The highest BCUT2D eigenvalue weighted by molar-refractivity contribution is 5.94. The lowest BCUT2D eigenvalue weighted by atomic mass is 10.2. The Balaban J connectivity index is 1.74. The first kappa shape index (κ1) is 13.7. The van der Waals surface area contributed by atoms with E-state index in [2.05, 4.69) is 20.6 Å². The Labute approximate surface area is 122 Å². The number of carbonyl (C=O) groups is 1. The molecule has 8 nitrogen and oxygen atoms in total. The van der Waals surface area contributed by atoms with Gasteiger partial charge in [-0.3, -0.25) is 14.4 Å². The highest BCUT2D eigenvalue weighted by Gasteiger charge is 2.31. The average molecular weight is 289 g/mol. The predicted molar refractivity (Wildman–Crippen MR) is 76.5 cm³/mol. The van der Waals surface area contributed by atoms with Crippen LogP contribution in [-0.4, -0.2) is 48.4 Å². The fourth-order valence-electron chi connectivity index (χ4n) is 2.53. The fourth-order valence-corrected chi connectivity index (χ4v) is 2.53. The number of anilines is 1. The second-order valence-electron chi connectivity index (χ2n) is 5.28. The summed E-state index contributed by atoms with van der Waals surface area (Å²) in [5.74, 6) is 1.71. The van der Waals surface area contributed by atoms with Crippen molar-refractivity contribution in [1.82, 2.24) is 29.4 Å². The number of hydrogen-bond acceptors (Lipinski definition) is 5. The molecule has 3 heterocycles. The standard InChI is InChI=1S/C13H19N7O/c1-4-19-6-10(5-14-19)15-13(21)11-7-20-9(2)16-17-12(20)8-18(11)3/h5-6,11H,4,7-8H2,1-3H3,(H,15,21). The third kappa shape index (κ3) is 2.54. The van der Waals surface area contributed by atoms with Crippen molar-refractivity contribution in [2.24, 2.45) is 0 Å². The van der Waals surface area contributed by atoms with Crippen LogP contribution in [0.25, 0.3) is 0 Å². The molecule has 3 rings (SSSR count). The maximum absolute atomic E-state index is 12.5. The van der Waals surface area contributed by atoms with Gasteiger partial charge < -0.3 is 9.88 Å². The molecule has 1 unspecified atom stereocenters. The highest BCUT2D eigenvalue weighted by atomic mass is 16.2. The van der Waals surface area contributed by atoms with Crippen molar-refractivity contribution >= 4 is 11.6 Å². The largest absolute Gasteiger partial charge is 0.322 e. The zero-order chi connectivity index (χ0) is 15.0. The Bertz CT molecular complexity index is 659. The second kappa shape index (κ2) is 5.28. The van der Waals surface area contributed by atoms with Crippen molar-refractivity contribution in [3.8, 4) is 0 Å². The van der Waals surface area contributed by atoms with E-state index >= 15 is 0 Å². The number of carbonyl (C=O) groups excluding carboxylic acids is 1. The van der Waals surface area contributed by atoms with E-state index in [1.54, 1.807) is 10.9 Å². The summed E-state index contributed by atoms with van der Waals surface area (Å²) in [5, 5.41) is 15.3. The Morgan fingerprint density at radius 1 is 1.48 bits per heavy atom. The third-order valence-electron chi connectivity index (χ3n) is 3.82. The molecule has 0 spiro atoms. The smallest absolute Gasteiger partial charge is 0.243 e. The van der Waals surface area contributed by atoms with Gasteiger partial charge >= 0.3 is 0 Å². The van der Waals surface area contributed by atoms with Gasteiger partial charge in [0.2, 0.25) is 5.91 Å². The minimum Gasteiger partial charge on any atom is -0.322 e. The van der Waals surface area contributed by atoms with E-state index in [-0.39, 0.29) is 11.9 Å². The topological polar surface area (TPSA) is 80.9 Å². The van der Waals surface area contributed by atoms with Crippen molar-refractivity contribution in [3.05, 3.63) is 24.0 Å². The number of nitrogens with one attached hydrogen (secondary N) is 1. The normalized spacial score (nSPS) is 18.5. The summed E-state index contributed by atoms with van der Waals surface area (Å²) in [4.78, 5) is 14.5. The molecule has 112 valence electrons. The van der Waals surface area contributed by atoms with E-state index in [1.807, 2.05) is 36.6 Å². The summed E-state index contributed by atoms with van der Waals surface area (Å²) in [6.07, 6.45) is 3.50. The lowest BCUT2D eigenvalue weighted by molar-refractivity contribution is -0.122. The van der Waals surface area contributed by atoms with E-state index in [0.717, 1.165) is 23.9 Å². The minimum absolute atomic E-state index is 0.0353. The Hall–Kier alpha value is -2.22. The molecule has 1 aliphatic rings. The van der Waals surface area contributed by atoms with Gasteiger partial charge in [0.25, 0.3) is 0 Å². The number of hydrogen-bond donors (Lipinski definition) is 1. The molecule has 0 radical (unpaired) electrons. The molecule has 0 saturated heterocycles. The maximum Gasteiger partial charge on any atom is 0.243 e. The summed E-state index contributed by atoms with van der Waals surface area (Å²) >= 11 is 0. The van der Waals surface area contributed by atoms with Crippen LogP contribution < -0.4 is 5.32 Å². The van der Waals surface area contributed by atoms with Crippen LogP contribution in [0.4, 0.5) is 5.69 Å². The van der Waals surface area contributed by atoms with Gasteiger partial charge in [-0.05, 0) is 20.9 Å². The molecule has 2 aromatic heterocycles. The van der Waals surface area contributed by atoms with Crippen LogP contribution >= 0.6 is 0 Å². The van der Waals surface area contributed by atoms with Crippen LogP contribution in [-0.2, 0) is 24.4 Å². The van der Waals surface area contributed by atoms with Crippen LogP contribution in [0.15, 0.2) is 12.4 Å². The van der Waals surface area contributed by atoms with Gasteiger partial charge in [0.1, 0.15) is 17.7 Å². The zero-order valence-corrected chi connectivity index (χ0v) is 12.4. The molecule has 1 N–H and O–H groups in total. The van der Waals surface area contributed by atoms with Gasteiger partial charge in [-0.1, -0.05) is 0 Å². The number of nitrogens with zero attached hydrogens (tertiary/aromatic N) is 6. The van der Waals surface area contributed by atoms with Gasteiger partial charge in [0, 0.05) is 12.7 Å². The SMILES string of the molecule is CCn1cc(NC(=O)C2Cn3c(C)nnc3CN2C)cn1. The Kier molecular flexibility index (Phi) is 3.46. The first-order chi connectivity index (χ1) is 10.1. The number of amides is 1. The summed E-state index contributed by atoms with van der Waals surface area (Å²) in [5.41, 5.74) is 0.724. The van der Waals surface area contributed by atoms with E-state index in [9.17, 15) is 4.79 Å². The molecule has 0 fully saturated rings. The molecule has 2 aromatic rings. The molecule has 0 saturated carbocycles. The molecule has 1 amide bonds. The van der Waals surface area contributed by atoms with Crippen molar-refractivity contribution in [2.75, 3.05) is 12.4 Å². The summed E-state index contributed by atoms with van der Waals surface area (Å²) < 4.78 is 3.78. The van der Waals surface area contributed by atoms with E-state index in [0.29, 0.717) is 13.1 Å². The first-order valence-corrected chi connectivity index (χ1v) is 7.00. The highest BCUT2D eigenvalue weighted by Crippen LogP contribution is 2.17. The van der Waals surface area contributed by atoms with Gasteiger partial charge in [-0.25, -0.2) is 0 Å². The molecular weight excluding hydrogens is 270 g/mol. The number of rotatable bonds is 3.